The van der Waals surface area contributed by atoms with Crippen LogP contribution in [0.1, 0.15) is 32.7 Å². The van der Waals surface area contributed by atoms with Crippen LogP contribution in [0.15, 0.2) is 54.6 Å². The summed E-state index contributed by atoms with van der Waals surface area (Å²) in [6.07, 6.45) is -0.298. The molecule has 0 saturated carbocycles. The lowest BCUT2D eigenvalue weighted by atomic mass is 9.99. The monoisotopic (exact) mass is 618 g/mol. The van der Waals surface area contributed by atoms with Gasteiger partial charge in [-0.1, -0.05) is 0 Å². The average Bonchev–Trinajstić information content (AvgIpc) is 3.04. The van der Waals surface area contributed by atoms with Crippen molar-refractivity contribution < 1.29 is 42.5 Å². The molecule has 0 aromatic heterocycles. The van der Waals surface area contributed by atoms with Crippen molar-refractivity contribution in [3.05, 3.63) is 77.1 Å². The molecule has 45 heavy (non-hydrogen) atoms. The first-order valence-electron chi connectivity index (χ1n) is 14.4. The molecule has 0 aliphatic carbocycles. The number of fused-ring (bicyclic) bond motifs is 6. The van der Waals surface area contributed by atoms with Gasteiger partial charge in [-0.2, -0.15) is 0 Å². The maximum Gasteiger partial charge on any atom is 0.264 e. The normalized spacial score (nSPS) is 19.9. The zero-order valence-corrected chi connectivity index (χ0v) is 24.6. The van der Waals surface area contributed by atoms with Gasteiger partial charge in [0.25, 0.3) is 23.6 Å². The number of halogens is 1. The van der Waals surface area contributed by atoms with Crippen LogP contribution in [-0.2, 0) is 16.1 Å². The van der Waals surface area contributed by atoms with Crippen LogP contribution < -0.4 is 34.5 Å². The quantitative estimate of drug-likeness (QED) is 0.447. The van der Waals surface area contributed by atoms with Gasteiger partial charge >= 0.3 is 0 Å². The number of rotatable bonds is 2. The minimum Gasteiger partial charge on any atom is -0.493 e. The van der Waals surface area contributed by atoms with Crippen LogP contribution in [0, 0.1) is 5.82 Å². The van der Waals surface area contributed by atoms with E-state index in [1.807, 2.05) is 0 Å². The Labute approximate surface area is 258 Å². The van der Waals surface area contributed by atoms with Crippen LogP contribution in [0.2, 0.25) is 0 Å². The van der Waals surface area contributed by atoms with Crippen molar-refractivity contribution in [2.75, 3.05) is 45.4 Å². The standard InChI is InChI=1S/C32H31FN4O8/c1-36-24-11-20(4-5-26(24)44-17-30(36)39)32(41)37-8-7-25-23(15-37)35-31(40)19-3-6-27(42-2)28(12-19)43-16-29(38)34-14-18-9-21(33)13-22(10-18)45-25/h3-6,9-13,23,25H,7-8,14-17H2,1-2H3,(H,34,38)(H,35,40)/t23-,25+/m0/s1. The van der Waals surface area contributed by atoms with Crippen LogP contribution in [0.5, 0.6) is 23.0 Å². The third kappa shape index (κ3) is 6.33. The van der Waals surface area contributed by atoms with Crippen LogP contribution in [0.25, 0.3) is 0 Å². The number of likely N-dealkylation sites (tertiary alicyclic amines) is 1. The maximum atomic E-state index is 14.6. The Bertz CT molecular complexity index is 1680. The lowest BCUT2D eigenvalue weighted by molar-refractivity contribution is -0.123. The first-order chi connectivity index (χ1) is 21.7. The minimum absolute atomic E-state index is 0.0349. The van der Waals surface area contributed by atoms with Gasteiger partial charge in [0.2, 0.25) is 0 Å². The molecule has 3 aliphatic rings. The molecular weight excluding hydrogens is 587 g/mol. The summed E-state index contributed by atoms with van der Waals surface area (Å²) in [6.45, 7) is -0.0187. The molecule has 3 aromatic rings. The summed E-state index contributed by atoms with van der Waals surface area (Å²) < 4.78 is 37.3. The molecule has 1 saturated heterocycles. The Morgan fingerprint density at radius 1 is 1.00 bits per heavy atom. The molecule has 3 aliphatic heterocycles. The summed E-state index contributed by atoms with van der Waals surface area (Å²) in [4.78, 5) is 54.9. The number of carbonyl (C=O) groups excluding carboxylic acids is 4. The fraction of sp³-hybridized carbons (Fsp3) is 0.312. The number of piperidine rings is 1. The number of likely N-dealkylation sites (N-methyl/N-ethyl adjacent to an activating group) is 1. The molecule has 12 nitrogen and oxygen atoms in total. The molecule has 2 N–H and O–H groups in total. The van der Waals surface area contributed by atoms with Crippen LogP contribution in [0.3, 0.4) is 0 Å². The van der Waals surface area contributed by atoms with Crippen LogP contribution >= 0.6 is 0 Å². The number of hydrogen-bond acceptors (Lipinski definition) is 8. The Morgan fingerprint density at radius 2 is 1.82 bits per heavy atom. The van der Waals surface area contributed by atoms with Gasteiger partial charge in [0.15, 0.2) is 24.7 Å². The van der Waals surface area contributed by atoms with Gasteiger partial charge in [0.1, 0.15) is 23.4 Å². The van der Waals surface area contributed by atoms with E-state index in [0.717, 1.165) is 0 Å². The largest absolute Gasteiger partial charge is 0.493 e. The molecule has 234 valence electrons. The van der Waals surface area contributed by atoms with Crippen molar-refractivity contribution in [3.8, 4) is 23.0 Å². The zero-order valence-electron chi connectivity index (χ0n) is 24.6. The second kappa shape index (κ2) is 12.3. The first kappa shape index (κ1) is 29.7. The number of anilines is 1. The second-order valence-electron chi connectivity index (χ2n) is 10.9. The molecule has 13 heteroatoms. The van der Waals surface area contributed by atoms with E-state index < -0.39 is 29.8 Å². The van der Waals surface area contributed by atoms with E-state index in [2.05, 4.69) is 10.6 Å². The summed E-state index contributed by atoms with van der Waals surface area (Å²) in [5.74, 6) is -0.764. The molecule has 6 rings (SSSR count). The summed E-state index contributed by atoms with van der Waals surface area (Å²) in [5.41, 5.74) is 1.55. The third-order valence-electron chi connectivity index (χ3n) is 7.94. The molecule has 0 unspecified atom stereocenters. The Morgan fingerprint density at radius 3 is 2.64 bits per heavy atom. The third-order valence-corrected chi connectivity index (χ3v) is 7.94. The molecular formula is C32H31FN4O8. The predicted molar refractivity (Wildman–Crippen MR) is 158 cm³/mol. The van der Waals surface area contributed by atoms with E-state index in [9.17, 15) is 23.6 Å². The molecule has 1 fully saturated rings. The Balaban J connectivity index is 1.30. The summed E-state index contributed by atoms with van der Waals surface area (Å²) in [7, 11) is 3.06. The predicted octanol–water partition coefficient (Wildman–Crippen LogP) is 2.29. The van der Waals surface area contributed by atoms with E-state index in [-0.39, 0.29) is 61.7 Å². The van der Waals surface area contributed by atoms with Gasteiger partial charge in [-0.05, 0) is 54.1 Å². The lowest BCUT2D eigenvalue weighted by Crippen LogP contribution is -2.58. The molecule has 3 aromatic carbocycles. The molecule has 4 bridgehead atoms. The summed E-state index contributed by atoms with van der Waals surface area (Å²) in [5, 5.41) is 5.67. The van der Waals surface area contributed by atoms with Crippen molar-refractivity contribution in [1.82, 2.24) is 15.5 Å². The topological polar surface area (TPSA) is 136 Å². The highest BCUT2D eigenvalue weighted by molar-refractivity contribution is 6.01. The van der Waals surface area contributed by atoms with Gasteiger partial charge in [-0.25, -0.2) is 4.39 Å². The van der Waals surface area contributed by atoms with Gasteiger partial charge in [0, 0.05) is 50.3 Å². The number of benzene rings is 3. The first-order valence-corrected chi connectivity index (χ1v) is 14.4. The van der Waals surface area contributed by atoms with E-state index in [4.69, 9.17) is 18.9 Å². The van der Waals surface area contributed by atoms with E-state index >= 15 is 0 Å². The number of hydrogen-bond donors (Lipinski definition) is 2. The van der Waals surface area contributed by atoms with Crippen LogP contribution in [0.4, 0.5) is 10.1 Å². The maximum absolute atomic E-state index is 14.6. The van der Waals surface area contributed by atoms with Gasteiger partial charge in [-0.15, -0.1) is 0 Å². The van der Waals surface area contributed by atoms with Crippen molar-refractivity contribution in [2.45, 2.75) is 25.1 Å². The van der Waals surface area contributed by atoms with Crippen LogP contribution in [-0.4, -0.2) is 81.1 Å². The number of nitrogens with zero attached hydrogens (tertiary/aromatic N) is 2. The van der Waals surface area contributed by atoms with Crippen molar-refractivity contribution >= 4 is 29.3 Å². The van der Waals surface area contributed by atoms with E-state index in [1.54, 1.807) is 48.3 Å². The highest BCUT2D eigenvalue weighted by Gasteiger charge is 2.35. The number of carbonyl (C=O) groups is 4. The summed E-state index contributed by atoms with van der Waals surface area (Å²) in [6, 6.07) is 12.9. The fourth-order valence-electron chi connectivity index (χ4n) is 5.53. The molecule has 4 amide bonds. The van der Waals surface area contributed by atoms with Gasteiger partial charge < -0.3 is 39.4 Å². The fourth-order valence-corrected chi connectivity index (χ4v) is 5.53. The number of nitrogens with one attached hydrogen (secondary N) is 2. The second-order valence-corrected chi connectivity index (χ2v) is 10.9. The highest BCUT2D eigenvalue weighted by atomic mass is 19.1. The molecule has 3 heterocycles. The molecule has 0 spiro atoms. The van der Waals surface area contributed by atoms with E-state index in [1.165, 1.54) is 30.2 Å². The van der Waals surface area contributed by atoms with E-state index in [0.29, 0.717) is 34.7 Å². The smallest absolute Gasteiger partial charge is 0.264 e. The number of methoxy groups -OCH3 is 1. The zero-order chi connectivity index (χ0) is 31.7. The lowest BCUT2D eigenvalue weighted by Gasteiger charge is -2.39. The minimum atomic E-state index is -0.689. The van der Waals surface area contributed by atoms with Gasteiger partial charge in [0.05, 0.1) is 18.8 Å². The average molecular weight is 619 g/mol. The molecule has 2 atom stereocenters. The number of amides is 4. The van der Waals surface area contributed by atoms with Crippen molar-refractivity contribution in [2.24, 2.45) is 0 Å². The molecule has 0 radical (unpaired) electrons. The van der Waals surface area contributed by atoms with Crippen molar-refractivity contribution in [1.29, 1.82) is 0 Å². The Hall–Kier alpha value is -5.33. The van der Waals surface area contributed by atoms with Gasteiger partial charge in [-0.3, -0.25) is 19.2 Å². The van der Waals surface area contributed by atoms with Crippen molar-refractivity contribution in [3.63, 3.8) is 0 Å². The summed E-state index contributed by atoms with van der Waals surface area (Å²) >= 11 is 0. The SMILES string of the molecule is COc1ccc2cc1OCC(=O)NCc1cc(F)cc(c1)O[C@@H]1CCN(C(=O)c3ccc4c(c3)N(C)C(=O)CO4)C[C@@H]1NC2=O. The Kier molecular flexibility index (Phi) is 8.16. The number of ether oxygens (including phenoxy) is 4. The highest BCUT2D eigenvalue weighted by Crippen LogP contribution is 2.33.